The van der Waals surface area contributed by atoms with Crippen LogP contribution in [0, 0.1) is 0 Å². The molecule has 80 valence electrons. The Labute approximate surface area is 87.8 Å². The Kier molecular flexibility index (Phi) is 7.90. The minimum atomic E-state index is 0.967. The van der Waals surface area contributed by atoms with Crippen LogP contribution in [0.4, 0.5) is 0 Å². The van der Waals surface area contributed by atoms with E-state index in [0.717, 1.165) is 19.4 Å². The minimum Gasteiger partial charge on any atom is -0.383 e. The molecule has 14 heavy (non-hydrogen) atoms. The maximum atomic E-state index is 4.31. The number of aliphatic imine (C=N–C) groups is 1. The Hall–Kier alpha value is -1.05. The van der Waals surface area contributed by atoms with E-state index in [0.29, 0.717) is 0 Å². The first-order valence-electron chi connectivity index (χ1n) is 5.63. The third-order valence-electron chi connectivity index (χ3n) is 1.76. The van der Waals surface area contributed by atoms with E-state index >= 15 is 0 Å². The fourth-order valence-corrected chi connectivity index (χ4v) is 1.25. The zero-order valence-electron chi connectivity index (χ0n) is 9.80. The van der Waals surface area contributed by atoms with Crippen LogP contribution in [0.3, 0.4) is 0 Å². The maximum absolute atomic E-state index is 4.31. The van der Waals surface area contributed by atoms with Crippen molar-refractivity contribution < 1.29 is 0 Å². The second kappa shape index (κ2) is 8.54. The van der Waals surface area contributed by atoms with Gasteiger partial charge in [-0.15, -0.1) is 0 Å². The van der Waals surface area contributed by atoms with E-state index in [2.05, 4.69) is 22.5 Å². The normalized spacial score (nSPS) is 16.9. The van der Waals surface area contributed by atoms with Gasteiger partial charge in [0.1, 0.15) is 0 Å². The minimum absolute atomic E-state index is 0.967. The lowest BCUT2D eigenvalue weighted by atomic mass is 10.3. The second-order valence-electron chi connectivity index (χ2n) is 2.49. The Bertz CT molecular complexity index is 202. The molecule has 0 amide bonds. The van der Waals surface area contributed by atoms with Crippen LogP contribution in [0.25, 0.3) is 0 Å². The van der Waals surface area contributed by atoms with Gasteiger partial charge < -0.3 is 5.32 Å². The lowest BCUT2D eigenvalue weighted by molar-refractivity contribution is 0.883. The highest BCUT2D eigenvalue weighted by molar-refractivity contribution is 5.63. The molecule has 0 aliphatic carbocycles. The summed E-state index contributed by atoms with van der Waals surface area (Å²) in [6.07, 6.45) is 8.26. The standard InChI is InChI=1S/C8H10N2.2C2H6/c1-2-5-9-8-4-6-10-7(8)3-1;2*1-2/h1,3,5,10H,2,4,6H2;2*1-2H3. The zero-order valence-corrected chi connectivity index (χ0v) is 9.80. The predicted molar refractivity (Wildman–Crippen MR) is 64.6 cm³/mol. The van der Waals surface area contributed by atoms with Gasteiger partial charge in [0, 0.05) is 25.6 Å². The van der Waals surface area contributed by atoms with E-state index in [1.54, 1.807) is 0 Å². The third-order valence-corrected chi connectivity index (χ3v) is 1.76. The van der Waals surface area contributed by atoms with E-state index in [9.17, 15) is 0 Å². The molecule has 0 aromatic heterocycles. The summed E-state index contributed by atoms with van der Waals surface area (Å²) >= 11 is 0. The van der Waals surface area contributed by atoms with Crippen LogP contribution in [0.5, 0.6) is 0 Å². The first kappa shape index (κ1) is 12.9. The molecule has 0 fully saturated rings. The Morgan fingerprint density at radius 1 is 1.21 bits per heavy atom. The predicted octanol–water partition coefficient (Wildman–Crippen LogP) is 3.27. The van der Waals surface area contributed by atoms with Crippen LogP contribution >= 0.6 is 0 Å². The lowest BCUT2D eigenvalue weighted by Crippen LogP contribution is -2.04. The van der Waals surface area contributed by atoms with Gasteiger partial charge in [-0.05, 0) is 6.08 Å². The van der Waals surface area contributed by atoms with Crippen molar-refractivity contribution in [2.45, 2.75) is 40.5 Å². The number of rotatable bonds is 0. The number of allylic oxidation sites excluding steroid dienone is 2. The van der Waals surface area contributed by atoms with Crippen molar-refractivity contribution in [1.82, 2.24) is 5.32 Å². The van der Waals surface area contributed by atoms with E-state index < -0.39 is 0 Å². The van der Waals surface area contributed by atoms with E-state index in [-0.39, 0.29) is 0 Å². The molecule has 0 atom stereocenters. The van der Waals surface area contributed by atoms with Gasteiger partial charge in [0.15, 0.2) is 0 Å². The van der Waals surface area contributed by atoms with Crippen LogP contribution in [-0.4, -0.2) is 12.8 Å². The Morgan fingerprint density at radius 3 is 2.64 bits per heavy atom. The molecule has 0 saturated carbocycles. The summed E-state index contributed by atoms with van der Waals surface area (Å²) in [7, 11) is 0. The van der Waals surface area contributed by atoms with Gasteiger partial charge in [0.25, 0.3) is 0 Å². The molecule has 2 heterocycles. The summed E-state index contributed by atoms with van der Waals surface area (Å²) in [5, 5.41) is 3.28. The zero-order chi connectivity index (χ0) is 10.8. The molecule has 2 nitrogen and oxygen atoms in total. The molecule has 2 aliphatic rings. The maximum Gasteiger partial charge on any atom is 0.0648 e. The molecule has 1 N–H and O–H groups in total. The average Bonchev–Trinajstić information content (AvgIpc) is 2.61. The molecule has 2 heteroatoms. The van der Waals surface area contributed by atoms with Crippen molar-refractivity contribution in [1.29, 1.82) is 0 Å². The molecular formula is C12H22N2. The monoisotopic (exact) mass is 194 g/mol. The van der Waals surface area contributed by atoms with Crippen LogP contribution in [0.1, 0.15) is 40.5 Å². The lowest BCUT2D eigenvalue weighted by Gasteiger charge is -1.93. The highest BCUT2D eigenvalue weighted by atomic mass is 15.0. The third kappa shape index (κ3) is 3.77. The van der Waals surface area contributed by atoms with E-state index in [4.69, 9.17) is 0 Å². The average molecular weight is 194 g/mol. The summed E-state index contributed by atoms with van der Waals surface area (Å²) in [4.78, 5) is 4.31. The van der Waals surface area contributed by atoms with Crippen LogP contribution < -0.4 is 5.32 Å². The summed E-state index contributed by atoms with van der Waals surface area (Å²) in [5.74, 6) is 0. The molecular weight excluding hydrogens is 172 g/mol. The molecule has 0 unspecified atom stereocenters. The number of nitrogens with one attached hydrogen (secondary N) is 1. The largest absolute Gasteiger partial charge is 0.383 e. The Balaban J connectivity index is 0.000000379. The van der Waals surface area contributed by atoms with E-state index in [1.165, 1.54) is 11.4 Å². The first-order chi connectivity index (χ1) is 6.97. The van der Waals surface area contributed by atoms with Gasteiger partial charge in [-0.25, -0.2) is 0 Å². The highest BCUT2D eigenvalue weighted by Gasteiger charge is 2.10. The summed E-state index contributed by atoms with van der Waals surface area (Å²) in [6.45, 7) is 9.05. The van der Waals surface area contributed by atoms with Gasteiger partial charge in [0.2, 0.25) is 0 Å². The molecule has 2 aliphatic heterocycles. The van der Waals surface area contributed by atoms with Gasteiger partial charge >= 0.3 is 0 Å². The Morgan fingerprint density at radius 2 is 1.93 bits per heavy atom. The van der Waals surface area contributed by atoms with Gasteiger partial charge in [-0.3, -0.25) is 4.99 Å². The molecule has 0 bridgehead atoms. The topological polar surface area (TPSA) is 24.4 Å². The summed E-state index contributed by atoms with van der Waals surface area (Å²) < 4.78 is 0. The molecule has 2 rings (SSSR count). The van der Waals surface area contributed by atoms with Crippen molar-refractivity contribution >= 4 is 6.21 Å². The molecule has 0 radical (unpaired) electrons. The van der Waals surface area contributed by atoms with Gasteiger partial charge in [0.05, 0.1) is 11.4 Å². The molecule has 0 saturated heterocycles. The number of hydrogen-bond acceptors (Lipinski definition) is 2. The van der Waals surface area contributed by atoms with Crippen molar-refractivity contribution in [3.05, 3.63) is 23.5 Å². The first-order valence-corrected chi connectivity index (χ1v) is 5.63. The van der Waals surface area contributed by atoms with Crippen molar-refractivity contribution in [3.8, 4) is 0 Å². The number of hydrogen-bond donors (Lipinski definition) is 1. The van der Waals surface area contributed by atoms with Crippen molar-refractivity contribution in [3.63, 3.8) is 0 Å². The smallest absolute Gasteiger partial charge is 0.0648 e. The van der Waals surface area contributed by atoms with Crippen LogP contribution in [-0.2, 0) is 0 Å². The molecule has 0 aromatic carbocycles. The van der Waals surface area contributed by atoms with Crippen LogP contribution in [0.15, 0.2) is 28.5 Å². The van der Waals surface area contributed by atoms with Gasteiger partial charge in [-0.2, -0.15) is 0 Å². The highest BCUT2D eigenvalue weighted by Crippen LogP contribution is 2.17. The summed E-state index contributed by atoms with van der Waals surface area (Å²) in [5.41, 5.74) is 2.43. The fourth-order valence-electron chi connectivity index (χ4n) is 1.25. The fraction of sp³-hybridized carbons (Fsp3) is 0.583. The van der Waals surface area contributed by atoms with Crippen molar-refractivity contribution in [2.24, 2.45) is 4.99 Å². The second-order valence-corrected chi connectivity index (χ2v) is 2.49. The van der Waals surface area contributed by atoms with Crippen molar-refractivity contribution in [2.75, 3.05) is 6.54 Å². The summed E-state index contributed by atoms with van der Waals surface area (Å²) in [6, 6.07) is 0. The quantitative estimate of drug-likeness (QED) is 0.629. The molecule has 0 spiro atoms. The molecule has 0 aromatic rings. The number of nitrogens with zero attached hydrogens (tertiary/aromatic N) is 1. The van der Waals surface area contributed by atoms with Gasteiger partial charge in [-0.1, -0.05) is 33.8 Å². The van der Waals surface area contributed by atoms with Crippen LogP contribution in [0.2, 0.25) is 0 Å². The van der Waals surface area contributed by atoms with E-state index in [1.807, 2.05) is 33.9 Å². The SMILES string of the molecule is C1=CC2=C(CCN2)N=CC1.CC.CC.